The summed E-state index contributed by atoms with van der Waals surface area (Å²) in [5.41, 5.74) is 5.27. The number of benzene rings is 2. The van der Waals surface area contributed by atoms with Gasteiger partial charge in [-0.25, -0.2) is 0 Å². The first kappa shape index (κ1) is 18.5. The molecule has 0 aromatic heterocycles. The summed E-state index contributed by atoms with van der Waals surface area (Å²) >= 11 is 0. The van der Waals surface area contributed by atoms with Crippen LogP contribution in [-0.2, 0) is 16.2 Å². The normalized spacial score (nSPS) is 11.2. The molecule has 0 fully saturated rings. The van der Waals surface area contributed by atoms with Crippen molar-refractivity contribution in [1.29, 1.82) is 0 Å². The number of nitrogens with zero attached hydrogens (tertiary/aromatic N) is 1. The Labute approximate surface area is 148 Å². The molecule has 0 saturated heterocycles. The standard InChI is InChI=1S/C20H24N2O3/c1-13-10-15(3)18(11-14(13)2)25-12-16-8-6-7-9-17(16)19(22-24-5)20(23)21-4/h6-11H,12H2,1-5H3,(H,21,23). The maximum Gasteiger partial charge on any atom is 0.273 e. The second-order valence-corrected chi connectivity index (χ2v) is 5.85. The molecule has 5 heteroatoms. The van der Waals surface area contributed by atoms with Gasteiger partial charge in [-0.05, 0) is 49.1 Å². The van der Waals surface area contributed by atoms with Gasteiger partial charge in [-0.3, -0.25) is 4.79 Å². The third-order valence-corrected chi connectivity index (χ3v) is 4.07. The van der Waals surface area contributed by atoms with Gasteiger partial charge >= 0.3 is 0 Å². The van der Waals surface area contributed by atoms with Gasteiger partial charge in [0.1, 0.15) is 19.5 Å². The van der Waals surface area contributed by atoms with Crippen LogP contribution in [0.4, 0.5) is 0 Å². The highest BCUT2D eigenvalue weighted by atomic mass is 16.6. The van der Waals surface area contributed by atoms with E-state index in [1.165, 1.54) is 18.2 Å². The highest BCUT2D eigenvalue weighted by Crippen LogP contribution is 2.24. The summed E-state index contributed by atoms with van der Waals surface area (Å²) in [5.74, 6) is 0.528. The van der Waals surface area contributed by atoms with Gasteiger partial charge in [0, 0.05) is 12.6 Å². The van der Waals surface area contributed by atoms with E-state index < -0.39 is 0 Å². The molecule has 2 aromatic carbocycles. The fourth-order valence-electron chi connectivity index (χ4n) is 2.54. The molecule has 0 heterocycles. The van der Waals surface area contributed by atoms with Crippen molar-refractivity contribution in [3.63, 3.8) is 0 Å². The first-order valence-electron chi connectivity index (χ1n) is 8.10. The summed E-state index contributed by atoms with van der Waals surface area (Å²) in [6, 6.07) is 11.7. The third kappa shape index (κ3) is 4.38. The number of oxime groups is 1. The molecule has 0 aliphatic carbocycles. The Morgan fingerprint density at radius 2 is 1.76 bits per heavy atom. The quantitative estimate of drug-likeness (QED) is 0.648. The lowest BCUT2D eigenvalue weighted by atomic mass is 10.0. The second kappa shape index (κ2) is 8.33. The smallest absolute Gasteiger partial charge is 0.273 e. The summed E-state index contributed by atoms with van der Waals surface area (Å²) in [5, 5.41) is 6.45. The molecule has 0 atom stereocenters. The molecule has 132 valence electrons. The van der Waals surface area contributed by atoms with Crippen molar-refractivity contribution in [2.24, 2.45) is 5.16 Å². The average Bonchev–Trinajstić information content (AvgIpc) is 2.61. The molecular formula is C20H24N2O3. The zero-order chi connectivity index (χ0) is 18.4. The van der Waals surface area contributed by atoms with Crippen molar-refractivity contribution < 1.29 is 14.4 Å². The number of rotatable bonds is 6. The van der Waals surface area contributed by atoms with Gasteiger partial charge in [0.25, 0.3) is 5.91 Å². The molecule has 2 aromatic rings. The molecule has 1 amide bonds. The van der Waals surface area contributed by atoms with E-state index in [-0.39, 0.29) is 11.6 Å². The Kier molecular flexibility index (Phi) is 6.17. The van der Waals surface area contributed by atoms with Gasteiger partial charge in [-0.2, -0.15) is 0 Å². The van der Waals surface area contributed by atoms with Crippen LogP contribution in [0.25, 0.3) is 0 Å². The summed E-state index contributed by atoms with van der Waals surface area (Å²) in [6.07, 6.45) is 0. The van der Waals surface area contributed by atoms with Crippen LogP contribution in [0.5, 0.6) is 5.75 Å². The Morgan fingerprint density at radius 3 is 2.44 bits per heavy atom. The topological polar surface area (TPSA) is 59.9 Å². The lowest BCUT2D eigenvalue weighted by Gasteiger charge is -2.14. The Hall–Kier alpha value is -2.82. The molecule has 0 spiro atoms. The molecule has 0 saturated carbocycles. The number of hydrogen-bond donors (Lipinski definition) is 1. The van der Waals surface area contributed by atoms with Crippen LogP contribution in [0, 0.1) is 20.8 Å². The van der Waals surface area contributed by atoms with E-state index in [2.05, 4.69) is 30.4 Å². The van der Waals surface area contributed by atoms with E-state index in [9.17, 15) is 4.79 Å². The molecular weight excluding hydrogens is 316 g/mol. The molecule has 2 rings (SSSR count). The summed E-state index contributed by atoms with van der Waals surface area (Å²) in [6.45, 7) is 6.50. The maximum absolute atomic E-state index is 12.1. The SMILES string of the molecule is CNC(=O)C(=NOC)c1ccccc1COc1cc(C)c(C)cc1C. The number of amides is 1. The van der Waals surface area contributed by atoms with E-state index in [0.717, 1.165) is 16.9 Å². The monoisotopic (exact) mass is 340 g/mol. The summed E-state index contributed by atoms with van der Waals surface area (Å²) < 4.78 is 6.01. The zero-order valence-corrected chi connectivity index (χ0v) is 15.3. The van der Waals surface area contributed by atoms with Gasteiger partial charge in [-0.1, -0.05) is 35.5 Å². The van der Waals surface area contributed by atoms with E-state index >= 15 is 0 Å². The predicted octanol–water partition coefficient (Wildman–Crippen LogP) is 3.29. The number of carbonyl (C=O) groups excluding carboxylic acids is 1. The van der Waals surface area contributed by atoms with Crippen molar-refractivity contribution in [3.8, 4) is 5.75 Å². The number of likely N-dealkylation sites (N-methyl/N-ethyl adjacent to an activating group) is 1. The van der Waals surface area contributed by atoms with E-state index in [0.29, 0.717) is 12.2 Å². The van der Waals surface area contributed by atoms with Crippen molar-refractivity contribution in [3.05, 3.63) is 64.2 Å². The minimum atomic E-state index is -0.309. The van der Waals surface area contributed by atoms with Crippen LogP contribution >= 0.6 is 0 Å². The number of aryl methyl sites for hydroxylation is 3. The number of carbonyl (C=O) groups is 1. The highest BCUT2D eigenvalue weighted by Gasteiger charge is 2.17. The van der Waals surface area contributed by atoms with Crippen LogP contribution in [0.2, 0.25) is 0 Å². The van der Waals surface area contributed by atoms with Crippen molar-refractivity contribution in [2.45, 2.75) is 27.4 Å². The third-order valence-electron chi connectivity index (χ3n) is 4.07. The minimum absolute atomic E-state index is 0.223. The number of nitrogens with one attached hydrogen (secondary N) is 1. The fraction of sp³-hybridized carbons (Fsp3) is 0.300. The Balaban J connectivity index is 2.31. The largest absolute Gasteiger partial charge is 0.489 e. The summed E-state index contributed by atoms with van der Waals surface area (Å²) in [7, 11) is 2.98. The van der Waals surface area contributed by atoms with Crippen molar-refractivity contribution in [2.75, 3.05) is 14.2 Å². The van der Waals surface area contributed by atoms with E-state index in [1.807, 2.05) is 37.3 Å². The van der Waals surface area contributed by atoms with Crippen LogP contribution in [-0.4, -0.2) is 25.8 Å². The fourth-order valence-corrected chi connectivity index (χ4v) is 2.54. The van der Waals surface area contributed by atoms with Gasteiger partial charge in [0.05, 0.1) is 0 Å². The Bertz CT molecular complexity index is 798. The molecule has 25 heavy (non-hydrogen) atoms. The summed E-state index contributed by atoms with van der Waals surface area (Å²) in [4.78, 5) is 16.9. The van der Waals surface area contributed by atoms with Gasteiger partial charge in [0.15, 0.2) is 5.71 Å². The van der Waals surface area contributed by atoms with Gasteiger partial charge in [-0.15, -0.1) is 0 Å². The zero-order valence-electron chi connectivity index (χ0n) is 15.3. The molecule has 0 aliphatic heterocycles. The first-order valence-corrected chi connectivity index (χ1v) is 8.10. The molecule has 5 nitrogen and oxygen atoms in total. The number of hydrogen-bond acceptors (Lipinski definition) is 4. The highest BCUT2D eigenvalue weighted by molar-refractivity contribution is 6.45. The van der Waals surface area contributed by atoms with Crippen LogP contribution < -0.4 is 10.1 Å². The van der Waals surface area contributed by atoms with Crippen LogP contribution in [0.1, 0.15) is 27.8 Å². The molecule has 1 N–H and O–H groups in total. The number of ether oxygens (including phenoxy) is 1. The second-order valence-electron chi connectivity index (χ2n) is 5.85. The van der Waals surface area contributed by atoms with Crippen LogP contribution in [0.15, 0.2) is 41.6 Å². The first-order chi connectivity index (χ1) is 12.0. The predicted molar refractivity (Wildman–Crippen MR) is 99.0 cm³/mol. The molecule has 0 unspecified atom stereocenters. The average molecular weight is 340 g/mol. The Morgan fingerprint density at radius 1 is 1.08 bits per heavy atom. The molecule has 0 radical (unpaired) electrons. The van der Waals surface area contributed by atoms with Gasteiger partial charge in [0.2, 0.25) is 0 Å². The lowest BCUT2D eigenvalue weighted by Crippen LogP contribution is -2.29. The molecule has 0 aliphatic rings. The maximum atomic E-state index is 12.1. The van der Waals surface area contributed by atoms with Crippen LogP contribution in [0.3, 0.4) is 0 Å². The van der Waals surface area contributed by atoms with E-state index in [1.54, 1.807) is 7.05 Å². The van der Waals surface area contributed by atoms with Gasteiger partial charge < -0.3 is 14.9 Å². The van der Waals surface area contributed by atoms with Crippen molar-refractivity contribution in [1.82, 2.24) is 5.32 Å². The van der Waals surface area contributed by atoms with E-state index in [4.69, 9.17) is 9.57 Å². The molecule has 0 bridgehead atoms. The lowest BCUT2D eigenvalue weighted by molar-refractivity contribution is -0.114. The van der Waals surface area contributed by atoms with Crippen molar-refractivity contribution >= 4 is 11.6 Å². The minimum Gasteiger partial charge on any atom is -0.489 e.